The molecule has 0 heterocycles. The van der Waals surface area contributed by atoms with Crippen molar-refractivity contribution in [1.82, 2.24) is 0 Å². The topological polar surface area (TPSA) is 37.3 Å². The first-order valence-electron chi connectivity index (χ1n) is 13.5. The Morgan fingerprint density at radius 1 is 1.06 bits per heavy atom. The average Bonchev–Trinajstić information content (AvgIpc) is 3.07. The maximum Gasteiger partial charge on any atom is 0.155 e. The summed E-state index contributed by atoms with van der Waals surface area (Å²) < 4.78 is 0. The minimum absolute atomic E-state index is 0.0485. The highest BCUT2D eigenvalue weighted by molar-refractivity contribution is 5.91. The van der Waals surface area contributed by atoms with Gasteiger partial charge in [0, 0.05) is 6.42 Å². The van der Waals surface area contributed by atoms with Crippen LogP contribution < -0.4 is 0 Å². The first-order valence-corrected chi connectivity index (χ1v) is 13.5. The molecule has 0 bridgehead atoms. The van der Waals surface area contributed by atoms with Crippen LogP contribution in [0.3, 0.4) is 0 Å². The van der Waals surface area contributed by atoms with Crippen LogP contribution in [0.15, 0.2) is 11.6 Å². The summed E-state index contributed by atoms with van der Waals surface area (Å²) in [7, 11) is 0. The van der Waals surface area contributed by atoms with E-state index in [-0.39, 0.29) is 11.2 Å². The Balaban J connectivity index is 1.51. The highest BCUT2D eigenvalue weighted by Gasteiger charge is 2.60. The maximum atomic E-state index is 12.1. The summed E-state index contributed by atoms with van der Waals surface area (Å²) in [6.07, 6.45) is 13.4. The summed E-state index contributed by atoms with van der Waals surface area (Å²) in [5.41, 5.74) is 1.57. The molecule has 2 nitrogen and oxygen atoms in total. The molecule has 4 rings (SSSR count). The SMILES string of the molecule is CC[C@@H](CC[C@@H](C)[C@H]1CC[C@H]2[C@@H]3C[C@H](O)C4=CC(=O)CC[C@]4(C)[C@H]3CC[C@]12C)C(C)C. The molecule has 4 aliphatic carbocycles. The third-order valence-electron chi connectivity index (χ3n) is 11.2. The Morgan fingerprint density at radius 2 is 1.81 bits per heavy atom. The predicted molar refractivity (Wildman–Crippen MR) is 129 cm³/mol. The zero-order valence-corrected chi connectivity index (χ0v) is 21.1. The Hall–Kier alpha value is -0.630. The van der Waals surface area contributed by atoms with Gasteiger partial charge in [0.05, 0.1) is 6.10 Å². The first kappa shape index (κ1) is 23.5. The van der Waals surface area contributed by atoms with Crippen molar-refractivity contribution >= 4 is 5.78 Å². The van der Waals surface area contributed by atoms with Gasteiger partial charge in [0.2, 0.25) is 0 Å². The van der Waals surface area contributed by atoms with Crippen LogP contribution in [0, 0.1) is 52.3 Å². The van der Waals surface area contributed by atoms with E-state index in [1.807, 2.05) is 6.08 Å². The number of ketones is 1. The van der Waals surface area contributed by atoms with Gasteiger partial charge < -0.3 is 5.11 Å². The van der Waals surface area contributed by atoms with Crippen LogP contribution in [-0.4, -0.2) is 17.0 Å². The molecule has 0 aromatic rings. The fraction of sp³-hybridized carbons (Fsp3) is 0.897. The van der Waals surface area contributed by atoms with Crippen molar-refractivity contribution in [2.75, 3.05) is 0 Å². The van der Waals surface area contributed by atoms with E-state index in [1.54, 1.807) is 0 Å². The molecule has 0 unspecified atom stereocenters. The van der Waals surface area contributed by atoms with Crippen molar-refractivity contribution in [2.45, 2.75) is 112 Å². The van der Waals surface area contributed by atoms with Crippen LogP contribution >= 0.6 is 0 Å². The van der Waals surface area contributed by atoms with E-state index in [2.05, 4.69) is 41.5 Å². The number of carbonyl (C=O) groups excluding carboxylic acids is 1. The summed E-state index contributed by atoms with van der Waals surface area (Å²) in [6, 6.07) is 0. The maximum absolute atomic E-state index is 12.1. The van der Waals surface area contributed by atoms with Crippen molar-refractivity contribution in [2.24, 2.45) is 52.3 Å². The minimum atomic E-state index is -0.398. The number of aliphatic hydroxyl groups excluding tert-OH is 1. The number of aliphatic hydroxyl groups is 1. The lowest BCUT2D eigenvalue weighted by atomic mass is 9.46. The third-order valence-corrected chi connectivity index (χ3v) is 11.2. The largest absolute Gasteiger partial charge is 0.389 e. The number of hydrogen-bond acceptors (Lipinski definition) is 2. The number of hydrogen-bond donors (Lipinski definition) is 1. The van der Waals surface area contributed by atoms with Gasteiger partial charge in [-0.15, -0.1) is 0 Å². The number of rotatable bonds is 6. The summed E-state index contributed by atoms with van der Waals surface area (Å²) >= 11 is 0. The van der Waals surface area contributed by atoms with Gasteiger partial charge in [0.15, 0.2) is 5.78 Å². The fourth-order valence-corrected chi connectivity index (χ4v) is 9.27. The van der Waals surface area contributed by atoms with Gasteiger partial charge in [-0.3, -0.25) is 4.79 Å². The fourth-order valence-electron chi connectivity index (χ4n) is 9.27. The van der Waals surface area contributed by atoms with Crippen molar-refractivity contribution in [3.63, 3.8) is 0 Å². The lowest BCUT2D eigenvalue weighted by Crippen LogP contribution is -2.54. The summed E-state index contributed by atoms with van der Waals surface area (Å²) in [5, 5.41) is 11.1. The molecule has 0 aromatic heterocycles. The van der Waals surface area contributed by atoms with Crippen LogP contribution in [-0.2, 0) is 4.79 Å². The van der Waals surface area contributed by atoms with Gasteiger partial charge in [-0.05, 0) is 109 Å². The number of carbonyl (C=O) groups is 1. The predicted octanol–water partition coefficient (Wildman–Crippen LogP) is 7.20. The van der Waals surface area contributed by atoms with E-state index in [0.29, 0.717) is 23.7 Å². The summed E-state index contributed by atoms with van der Waals surface area (Å²) in [4.78, 5) is 12.1. The molecular formula is C29H48O2. The van der Waals surface area contributed by atoms with Crippen LogP contribution in [0.25, 0.3) is 0 Å². The second kappa shape index (κ2) is 8.62. The zero-order chi connectivity index (χ0) is 22.6. The Kier molecular flexibility index (Phi) is 6.54. The standard InChI is InChI=1S/C29H48O2/c1-7-20(18(2)3)9-8-19(4)23-10-11-24-22-17-27(31)26-16-21(30)12-14-29(26,6)25(22)13-15-28(23,24)5/h16,18-20,22-25,27,31H,7-15,17H2,1-6H3/t19-,20+,22+,23-,24+,25+,27+,28-,29-/m1/s1. The van der Waals surface area contributed by atoms with Crippen LogP contribution in [0.2, 0.25) is 0 Å². The smallest absolute Gasteiger partial charge is 0.155 e. The van der Waals surface area contributed by atoms with Crippen molar-refractivity contribution in [3.05, 3.63) is 11.6 Å². The quantitative estimate of drug-likeness (QED) is 0.485. The lowest BCUT2D eigenvalue weighted by Gasteiger charge is -2.59. The molecule has 4 aliphatic rings. The molecule has 3 saturated carbocycles. The van der Waals surface area contributed by atoms with E-state index in [4.69, 9.17) is 0 Å². The lowest BCUT2D eigenvalue weighted by molar-refractivity contribution is -0.119. The highest BCUT2D eigenvalue weighted by Crippen LogP contribution is 2.67. The second-order valence-corrected chi connectivity index (χ2v) is 12.8. The van der Waals surface area contributed by atoms with Crippen molar-refractivity contribution in [3.8, 4) is 0 Å². The molecule has 0 aliphatic heterocycles. The van der Waals surface area contributed by atoms with E-state index >= 15 is 0 Å². The number of fused-ring (bicyclic) bond motifs is 5. The van der Waals surface area contributed by atoms with Crippen molar-refractivity contribution in [1.29, 1.82) is 0 Å². The Bertz CT molecular complexity index is 708. The van der Waals surface area contributed by atoms with Crippen LogP contribution in [0.1, 0.15) is 106 Å². The first-order chi connectivity index (χ1) is 14.6. The van der Waals surface area contributed by atoms with Crippen LogP contribution in [0.5, 0.6) is 0 Å². The molecule has 9 atom stereocenters. The molecule has 0 saturated heterocycles. The molecule has 0 amide bonds. The second-order valence-electron chi connectivity index (χ2n) is 12.8. The van der Waals surface area contributed by atoms with Gasteiger partial charge in [0.1, 0.15) is 0 Å². The highest BCUT2D eigenvalue weighted by atomic mass is 16.3. The van der Waals surface area contributed by atoms with E-state index in [0.717, 1.165) is 48.0 Å². The van der Waals surface area contributed by atoms with Gasteiger partial charge in [-0.25, -0.2) is 0 Å². The van der Waals surface area contributed by atoms with Gasteiger partial charge in [0.25, 0.3) is 0 Å². The van der Waals surface area contributed by atoms with Crippen LogP contribution in [0.4, 0.5) is 0 Å². The monoisotopic (exact) mass is 428 g/mol. The molecule has 1 N–H and O–H groups in total. The molecule has 176 valence electrons. The summed E-state index contributed by atoms with van der Waals surface area (Å²) in [5.74, 6) is 5.62. The molecule has 0 radical (unpaired) electrons. The summed E-state index contributed by atoms with van der Waals surface area (Å²) in [6.45, 7) is 14.7. The third kappa shape index (κ3) is 3.87. The molecule has 0 aromatic carbocycles. The Labute approximate surface area is 191 Å². The Morgan fingerprint density at radius 3 is 2.48 bits per heavy atom. The van der Waals surface area contributed by atoms with Gasteiger partial charge in [-0.1, -0.05) is 54.4 Å². The molecule has 0 spiro atoms. The van der Waals surface area contributed by atoms with Crippen molar-refractivity contribution < 1.29 is 9.90 Å². The normalized spacial score (nSPS) is 44.3. The zero-order valence-electron chi connectivity index (χ0n) is 21.1. The van der Waals surface area contributed by atoms with E-state index < -0.39 is 6.10 Å². The van der Waals surface area contributed by atoms with E-state index in [9.17, 15) is 9.90 Å². The van der Waals surface area contributed by atoms with E-state index in [1.165, 1.54) is 44.9 Å². The molecular weight excluding hydrogens is 380 g/mol. The molecule has 3 fully saturated rings. The molecule has 2 heteroatoms. The minimum Gasteiger partial charge on any atom is -0.389 e. The van der Waals surface area contributed by atoms with Gasteiger partial charge >= 0.3 is 0 Å². The average molecular weight is 429 g/mol. The molecule has 31 heavy (non-hydrogen) atoms. The van der Waals surface area contributed by atoms with Gasteiger partial charge in [-0.2, -0.15) is 0 Å².